The molecule has 0 radical (unpaired) electrons. The first-order valence-corrected chi connectivity index (χ1v) is 4.33. The third-order valence-electron chi connectivity index (χ3n) is 2.50. The molecule has 64 valence electrons. The number of hydrogen-bond donors (Lipinski definition) is 2. The quantitative estimate of drug-likeness (QED) is 0.665. The standard InChI is InChI=1S/C10H13NO/c12-11-7-9-6-10(9)8-4-2-1-3-5-8/h1-5,9-12H,6-7H2/t9-,10-/m0/s1. The van der Waals surface area contributed by atoms with Crippen molar-refractivity contribution >= 4 is 0 Å². The molecule has 1 aromatic carbocycles. The molecule has 1 saturated carbocycles. The molecule has 0 heterocycles. The summed E-state index contributed by atoms with van der Waals surface area (Å²) in [6.45, 7) is 0.722. The third-order valence-corrected chi connectivity index (χ3v) is 2.50. The van der Waals surface area contributed by atoms with Crippen molar-refractivity contribution in [3.8, 4) is 0 Å². The normalized spacial score (nSPS) is 27.1. The largest absolute Gasteiger partial charge is 0.317 e. The molecule has 0 aliphatic heterocycles. The number of nitrogens with one attached hydrogen (secondary N) is 1. The Kier molecular flexibility index (Phi) is 2.11. The summed E-state index contributed by atoms with van der Waals surface area (Å²) in [5, 5.41) is 8.49. The maximum atomic E-state index is 8.49. The van der Waals surface area contributed by atoms with Crippen LogP contribution >= 0.6 is 0 Å². The van der Waals surface area contributed by atoms with E-state index in [1.54, 1.807) is 0 Å². The van der Waals surface area contributed by atoms with Crippen molar-refractivity contribution in [2.24, 2.45) is 5.92 Å². The van der Waals surface area contributed by atoms with Gasteiger partial charge in [-0.15, -0.1) is 0 Å². The highest BCUT2D eigenvalue weighted by atomic mass is 16.5. The summed E-state index contributed by atoms with van der Waals surface area (Å²) in [4.78, 5) is 0. The maximum absolute atomic E-state index is 8.49. The van der Waals surface area contributed by atoms with Gasteiger partial charge in [0.15, 0.2) is 0 Å². The fourth-order valence-electron chi connectivity index (χ4n) is 1.70. The van der Waals surface area contributed by atoms with E-state index in [0.717, 1.165) is 6.54 Å². The molecule has 2 heteroatoms. The second-order valence-corrected chi connectivity index (χ2v) is 3.38. The van der Waals surface area contributed by atoms with Gasteiger partial charge in [-0.25, -0.2) is 5.48 Å². The Hall–Kier alpha value is -0.860. The average molecular weight is 163 g/mol. The van der Waals surface area contributed by atoms with Crippen molar-refractivity contribution < 1.29 is 5.21 Å². The van der Waals surface area contributed by atoms with Gasteiger partial charge in [-0.1, -0.05) is 30.3 Å². The van der Waals surface area contributed by atoms with Crippen LogP contribution in [0.4, 0.5) is 0 Å². The monoisotopic (exact) mass is 163 g/mol. The Bertz CT molecular complexity index is 247. The number of rotatable bonds is 3. The van der Waals surface area contributed by atoms with Gasteiger partial charge in [0.1, 0.15) is 0 Å². The smallest absolute Gasteiger partial charge is 0.0241 e. The van der Waals surface area contributed by atoms with Crippen molar-refractivity contribution in [1.82, 2.24) is 5.48 Å². The molecular formula is C10H13NO. The lowest BCUT2D eigenvalue weighted by atomic mass is 10.1. The Morgan fingerprint density at radius 3 is 2.75 bits per heavy atom. The molecule has 2 rings (SSSR count). The first-order chi connectivity index (χ1) is 5.92. The molecule has 1 aliphatic carbocycles. The van der Waals surface area contributed by atoms with E-state index in [1.807, 2.05) is 6.07 Å². The molecule has 2 atom stereocenters. The summed E-state index contributed by atoms with van der Waals surface area (Å²) in [5.41, 5.74) is 3.63. The predicted octanol–water partition coefficient (Wildman–Crippen LogP) is 1.77. The highest BCUT2D eigenvalue weighted by Gasteiger charge is 2.37. The summed E-state index contributed by atoms with van der Waals surface area (Å²) >= 11 is 0. The molecule has 2 N–H and O–H groups in total. The Labute approximate surface area is 72.2 Å². The first-order valence-electron chi connectivity index (χ1n) is 4.33. The van der Waals surface area contributed by atoms with E-state index in [0.29, 0.717) is 11.8 Å². The van der Waals surface area contributed by atoms with Crippen LogP contribution < -0.4 is 5.48 Å². The van der Waals surface area contributed by atoms with Crippen LogP contribution in [0.25, 0.3) is 0 Å². The molecule has 1 aliphatic rings. The van der Waals surface area contributed by atoms with E-state index in [2.05, 4.69) is 29.7 Å². The lowest BCUT2D eigenvalue weighted by molar-refractivity contribution is 0.161. The fourth-order valence-corrected chi connectivity index (χ4v) is 1.70. The zero-order valence-electron chi connectivity index (χ0n) is 6.90. The second-order valence-electron chi connectivity index (χ2n) is 3.38. The molecule has 0 unspecified atom stereocenters. The third kappa shape index (κ3) is 1.49. The Morgan fingerprint density at radius 2 is 2.08 bits per heavy atom. The molecular weight excluding hydrogens is 150 g/mol. The Morgan fingerprint density at radius 1 is 1.33 bits per heavy atom. The molecule has 0 saturated heterocycles. The highest BCUT2D eigenvalue weighted by molar-refractivity contribution is 5.25. The van der Waals surface area contributed by atoms with Crippen molar-refractivity contribution in [3.05, 3.63) is 35.9 Å². The van der Waals surface area contributed by atoms with E-state index in [-0.39, 0.29) is 0 Å². The van der Waals surface area contributed by atoms with Crippen LogP contribution in [0, 0.1) is 5.92 Å². The molecule has 1 fully saturated rings. The number of hydrogen-bond acceptors (Lipinski definition) is 2. The summed E-state index contributed by atoms with van der Waals surface area (Å²) in [7, 11) is 0. The van der Waals surface area contributed by atoms with Crippen molar-refractivity contribution in [2.45, 2.75) is 12.3 Å². The number of benzene rings is 1. The van der Waals surface area contributed by atoms with Crippen LogP contribution in [0.3, 0.4) is 0 Å². The zero-order valence-corrected chi connectivity index (χ0v) is 6.90. The minimum absolute atomic E-state index is 0.636. The van der Waals surface area contributed by atoms with Gasteiger partial charge in [0.05, 0.1) is 0 Å². The summed E-state index contributed by atoms with van der Waals surface area (Å²) < 4.78 is 0. The summed E-state index contributed by atoms with van der Waals surface area (Å²) in [6.07, 6.45) is 1.21. The maximum Gasteiger partial charge on any atom is 0.0241 e. The predicted molar refractivity (Wildman–Crippen MR) is 47.1 cm³/mol. The minimum atomic E-state index is 0.636. The van der Waals surface area contributed by atoms with Gasteiger partial charge in [-0.2, -0.15) is 0 Å². The lowest BCUT2D eigenvalue weighted by Gasteiger charge is -1.98. The van der Waals surface area contributed by atoms with Crippen LogP contribution in [0.1, 0.15) is 17.9 Å². The van der Waals surface area contributed by atoms with Gasteiger partial charge >= 0.3 is 0 Å². The molecule has 0 spiro atoms. The molecule has 0 amide bonds. The van der Waals surface area contributed by atoms with Gasteiger partial charge in [0.25, 0.3) is 0 Å². The van der Waals surface area contributed by atoms with Crippen LogP contribution in [0.5, 0.6) is 0 Å². The second kappa shape index (κ2) is 3.25. The van der Waals surface area contributed by atoms with E-state index >= 15 is 0 Å². The average Bonchev–Trinajstić information content (AvgIpc) is 2.87. The molecule has 1 aromatic rings. The van der Waals surface area contributed by atoms with Crippen LogP contribution in [-0.4, -0.2) is 11.8 Å². The van der Waals surface area contributed by atoms with E-state index in [4.69, 9.17) is 5.21 Å². The minimum Gasteiger partial charge on any atom is -0.317 e. The molecule has 0 aromatic heterocycles. The zero-order chi connectivity index (χ0) is 8.39. The topological polar surface area (TPSA) is 32.3 Å². The first kappa shape index (κ1) is 7.77. The number of hydroxylamine groups is 1. The van der Waals surface area contributed by atoms with Gasteiger partial charge in [0, 0.05) is 6.54 Å². The van der Waals surface area contributed by atoms with Gasteiger partial charge in [-0.3, -0.25) is 0 Å². The van der Waals surface area contributed by atoms with Gasteiger partial charge < -0.3 is 5.21 Å². The van der Waals surface area contributed by atoms with Gasteiger partial charge in [-0.05, 0) is 23.8 Å². The Balaban J connectivity index is 1.97. The molecule has 12 heavy (non-hydrogen) atoms. The highest BCUT2D eigenvalue weighted by Crippen LogP contribution is 2.46. The summed E-state index contributed by atoms with van der Waals surface area (Å²) in [6, 6.07) is 10.5. The van der Waals surface area contributed by atoms with Crippen molar-refractivity contribution in [1.29, 1.82) is 0 Å². The SMILES string of the molecule is ONC[C@@H]1C[C@H]1c1ccccc1. The fraction of sp³-hybridized carbons (Fsp3) is 0.400. The lowest BCUT2D eigenvalue weighted by Crippen LogP contribution is -2.11. The summed E-state index contributed by atoms with van der Waals surface area (Å²) in [5.74, 6) is 1.31. The van der Waals surface area contributed by atoms with E-state index in [1.165, 1.54) is 12.0 Å². The van der Waals surface area contributed by atoms with Crippen LogP contribution in [0.15, 0.2) is 30.3 Å². The van der Waals surface area contributed by atoms with Crippen molar-refractivity contribution in [2.75, 3.05) is 6.54 Å². The van der Waals surface area contributed by atoms with E-state index in [9.17, 15) is 0 Å². The molecule has 0 bridgehead atoms. The van der Waals surface area contributed by atoms with Crippen LogP contribution in [-0.2, 0) is 0 Å². The van der Waals surface area contributed by atoms with Crippen LogP contribution in [0.2, 0.25) is 0 Å². The van der Waals surface area contributed by atoms with E-state index < -0.39 is 0 Å². The molecule has 2 nitrogen and oxygen atoms in total. The van der Waals surface area contributed by atoms with Crippen molar-refractivity contribution in [3.63, 3.8) is 0 Å². The van der Waals surface area contributed by atoms with Gasteiger partial charge in [0.2, 0.25) is 0 Å².